The Kier molecular flexibility index (Phi) is 7.45. The third-order valence-electron chi connectivity index (χ3n) is 4.10. The SMILES string of the molecule is COC(=O)OCC1C(NC(=O)C(=NOC(C)(C)C(=O)O)c2csc(N)n2)C(=O)N1S(=O)(=O)O. The standard InChI is InChI=1S/C15H19N5O11S2/c1-15(2,12(23)24)31-19-8(6-5-32-13(16)17-6)10(21)18-9-7(4-30-14(25)29-3)20(11(9)22)33(26,27)28/h5,7,9H,4H2,1-3H3,(H2,16,17)(H,18,21)(H,23,24)(H,26,27,28). The highest BCUT2D eigenvalue weighted by Crippen LogP contribution is 2.24. The van der Waals surface area contributed by atoms with E-state index in [1.807, 2.05) is 0 Å². The summed E-state index contributed by atoms with van der Waals surface area (Å²) in [5.41, 5.74) is 2.99. The molecular weight excluding hydrogens is 490 g/mol. The lowest BCUT2D eigenvalue weighted by Crippen LogP contribution is -2.73. The number of rotatable bonds is 9. The molecule has 18 heteroatoms. The van der Waals surface area contributed by atoms with Gasteiger partial charge in [-0.1, -0.05) is 5.16 Å². The molecule has 2 atom stereocenters. The third kappa shape index (κ3) is 5.84. The number of anilines is 1. The molecule has 0 saturated carbocycles. The number of thiazole rings is 1. The van der Waals surface area contributed by atoms with Crippen molar-refractivity contribution in [3.63, 3.8) is 0 Å². The molecule has 33 heavy (non-hydrogen) atoms. The molecule has 2 unspecified atom stereocenters. The van der Waals surface area contributed by atoms with Crippen molar-refractivity contribution in [2.45, 2.75) is 31.5 Å². The highest BCUT2D eigenvalue weighted by molar-refractivity contribution is 7.84. The number of nitrogens with zero attached hydrogens (tertiary/aromatic N) is 3. The lowest BCUT2D eigenvalue weighted by atomic mass is 9.99. The highest BCUT2D eigenvalue weighted by atomic mass is 32.2. The zero-order chi connectivity index (χ0) is 25.1. The van der Waals surface area contributed by atoms with Crippen LogP contribution < -0.4 is 11.1 Å². The van der Waals surface area contributed by atoms with Crippen molar-refractivity contribution in [2.75, 3.05) is 19.5 Å². The lowest BCUT2D eigenvalue weighted by molar-refractivity contribution is -0.161. The number of carboxylic acid groups (broad SMARTS) is 1. The number of carboxylic acids is 1. The molecule has 1 aliphatic rings. The van der Waals surface area contributed by atoms with Gasteiger partial charge in [-0.3, -0.25) is 14.1 Å². The number of aromatic nitrogens is 1. The number of aliphatic carboxylic acids is 1. The van der Waals surface area contributed by atoms with Gasteiger partial charge in [0.1, 0.15) is 24.4 Å². The van der Waals surface area contributed by atoms with Crippen molar-refractivity contribution < 1.29 is 51.6 Å². The molecule has 1 aliphatic heterocycles. The Morgan fingerprint density at radius 3 is 2.52 bits per heavy atom. The minimum absolute atomic E-state index is 0.00255. The van der Waals surface area contributed by atoms with Crippen LogP contribution in [0.1, 0.15) is 19.5 Å². The highest BCUT2D eigenvalue weighted by Gasteiger charge is 2.55. The van der Waals surface area contributed by atoms with E-state index in [4.69, 9.17) is 15.7 Å². The normalized spacial score (nSPS) is 18.8. The minimum Gasteiger partial charge on any atom is -0.478 e. The maximum atomic E-state index is 12.8. The third-order valence-corrected chi connectivity index (χ3v) is 5.72. The fraction of sp³-hybridized carbons (Fsp3) is 0.467. The largest absolute Gasteiger partial charge is 0.508 e. The second kappa shape index (κ2) is 9.55. The van der Waals surface area contributed by atoms with Crippen LogP contribution in [-0.2, 0) is 39.0 Å². The summed E-state index contributed by atoms with van der Waals surface area (Å²) in [5, 5.41) is 16.2. The van der Waals surface area contributed by atoms with Gasteiger partial charge in [-0.15, -0.1) is 11.3 Å². The van der Waals surface area contributed by atoms with Gasteiger partial charge in [0.25, 0.3) is 11.8 Å². The van der Waals surface area contributed by atoms with Gasteiger partial charge in [0.05, 0.1) is 7.11 Å². The molecule has 1 fully saturated rings. The van der Waals surface area contributed by atoms with Crippen molar-refractivity contribution in [3.8, 4) is 0 Å². The van der Waals surface area contributed by atoms with Crippen LogP contribution in [0.15, 0.2) is 10.5 Å². The van der Waals surface area contributed by atoms with Crippen LogP contribution in [0.2, 0.25) is 0 Å². The van der Waals surface area contributed by atoms with E-state index in [2.05, 4.69) is 24.9 Å². The van der Waals surface area contributed by atoms with E-state index >= 15 is 0 Å². The maximum Gasteiger partial charge on any atom is 0.508 e. The average molecular weight is 509 g/mol. The zero-order valence-corrected chi connectivity index (χ0v) is 18.9. The molecule has 0 bridgehead atoms. The number of nitrogens with two attached hydrogens (primary N) is 1. The van der Waals surface area contributed by atoms with E-state index in [1.165, 1.54) is 5.38 Å². The maximum absolute atomic E-state index is 12.8. The van der Waals surface area contributed by atoms with E-state index in [0.29, 0.717) is 0 Å². The molecule has 5 N–H and O–H groups in total. The van der Waals surface area contributed by atoms with Gasteiger partial charge in [-0.05, 0) is 13.8 Å². The Labute approximate surface area is 190 Å². The van der Waals surface area contributed by atoms with Crippen molar-refractivity contribution >= 4 is 56.4 Å². The van der Waals surface area contributed by atoms with Crippen LogP contribution in [0.25, 0.3) is 0 Å². The number of carbonyl (C=O) groups is 4. The summed E-state index contributed by atoms with van der Waals surface area (Å²) in [7, 11) is -4.06. The van der Waals surface area contributed by atoms with Crippen LogP contribution in [-0.4, -0.2) is 88.4 Å². The molecule has 1 saturated heterocycles. The first-order valence-corrected chi connectivity index (χ1v) is 11.0. The average Bonchev–Trinajstić information content (AvgIpc) is 3.13. The zero-order valence-electron chi connectivity index (χ0n) is 17.2. The van der Waals surface area contributed by atoms with E-state index in [1.54, 1.807) is 0 Å². The number of nitrogen functional groups attached to an aromatic ring is 1. The van der Waals surface area contributed by atoms with Gasteiger partial charge in [0.15, 0.2) is 10.8 Å². The Balaban J connectivity index is 2.31. The number of β-lactam (4-membered cyclic amide) rings is 1. The van der Waals surface area contributed by atoms with Gasteiger partial charge < -0.3 is 30.5 Å². The molecule has 0 radical (unpaired) electrons. The molecule has 182 valence electrons. The monoisotopic (exact) mass is 509 g/mol. The molecule has 0 spiro atoms. The van der Waals surface area contributed by atoms with Crippen molar-refractivity contribution in [2.24, 2.45) is 5.16 Å². The second-order valence-electron chi connectivity index (χ2n) is 6.81. The second-order valence-corrected chi connectivity index (χ2v) is 8.99. The van der Waals surface area contributed by atoms with Crippen LogP contribution in [0.4, 0.5) is 9.93 Å². The fourth-order valence-electron chi connectivity index (χ4n) is 2.35. The summed E-state index contributed by atoms with van der Waals surface area (Å²) >= 11 is 0.922. The first-order chi connectivity index (χ1) is 15.2. The minimum atomic E-state index is -5.04. The summed E-state index contributed by atoms with van der Waals surface area (Å²) in [6, 6.07) is -3.11. The van der Waals surface area contributed by atoms with Gasteiger partial charge in [-0.2, -0.15) is 8.42 Å². The number of methoxy groups -OCH3 is 1. The van der Waals surface area contributed by atoms with Gasteiger partial charge in [-0.25, -0.2) is 18.9 Å². The Hall–Kier alpha value is -3.51. The first kappa shape index (κ1) is 25.7. The molecular formula is C15H19N5O11S2. The molecule has 2 amide bonds. The van der Waals surface area contributed by atoms with E-state index in [-0.39, 0.29) is 15.1 Å². The van der Waals surface area contributed by atoms with Crippen molar-refractivity contribution in [1.29, 1.82) is 0 Å². The quantitative estimate of drug-likeness (QED) is 0.0985. The van der Waals surface area contributed by atoms with Gasteiger partial charge in [0.2, 0.25) is 5.60 Å². The number of carbonyl (C=O) groups excluding carboxylic acids is 3. The number of oxime groups is 1. The summed E-state index contributed by atoms with van der Waals surface area (Å²) < 4.78 is 41.0. The Morgan fingerprint density at radius 2 is 2.03 bits per heavy atom. The lowest BCUT2D eigenvalue weighted by Gasteiger charge is -2.43. The molecule has 16 nitrogen and oxygen atoms in total. The summed E-state index contributed by atoms with van der Waals surface area (Å²) in [5.74, 6) is -3.77. The molecule has 0 aromatic carbocycles. The number of ether oxygens (including phenoxy) is 2. The number of hydrogen-bond acceptors (Lipinski definition) is 13. The Morgan fingerprint density at radius 1 is 1.39 bits per heavy atom. The number of nitrogens with one attached hydrogen (secondary N) is 1. The van der Waals surface area contributed by atoms with Crippen molar-refractivity contribution in [1.82, 2.24) is 14.6 Å². The topological polar surface area (TPSA) is 237 Å². The molecule has 0 aliphatic carbocycles. The summed E-state index contributed by atoms with van der Waals surface area (Å²) in [4.78, 5) is 56.3. The number of amides is 2. The van der Waals surface area contributed by atoms with E-state index in [0.717, 1.165) is 32.3 Å². The van der Waals surface area contributed by atoms with Crippen molar-refractivity contribution in [3.05, 3.63) is 11.1 Å². The van der Waals surface area contributed by atoms with Crippen LogP contribution in [0, 0.1) is 0 Å². The summed E-state index contributed by atoms with van der Waals surface area (Å²) in [6.07, 6.45) is -1.21. The van der Waals surface area contributed by atoms with Crippen LogP contribution in [0.3, 0.4) is 0 Å². The molecule has 2 heterocycles. The molecule has 1 aromatic rings. The molecule has 2 rings (SSSR count). The van der Waals surface area contributed by atoms with Gasteiger partial charge >= 0.3 is 22.4 Å². The predicted octanol–water partition coefficient (Wildman–Crippen LogP) is -1.41. The van der Waals surface area contributed by atoms with E-state index in [9.17, 15) is 32.1 Å². The summed E-state index contributed by atoms with van der Waals surface area (Å²) in [6.45, 7) is 1.55. The smallest absolute Gasteiger partial charge is 0.478 e. The first-order valence-electron chi connectivity index (χ1n) is 8.72. The number of hydrogen-bond donors (Lipinski definition) is 4. The van der Waals surface area contributed by atoms with Crippen LogP contribution >= 0.6 is 11.3 Å². The van der Waals surface area contributed by atoms with Gasteiger partial charge in [0, 0.05) is 5.38 Å². The van der Waals surface area contributed by atoms with E-state index < -0.39 is 64.2 Å². The Bertz CT molecular complexity index is 1100. The molecule has 1 aromatic heterocycles. The fourth-order valence-corrected chi connectivity index (χ4v) is 3.76. The van der Waals surface area contributed by atoms with Crippen LogP contribution in [0.5, 0.6) is 0 Å². The predicted molar refractivity (Wildman–Crippen MR) is 108 cm³/mol.